The zero-order chi connectivity index (χ0) is 21.5. The molecule has 1 saturated heterocycles. The van der Waals surface area contributed by atoms with Crippen molar-refractivity contribution >= 4 is 56.7 Å². The van der Waals surface area contributed by atoms with E-state index in [0.29, 0.717) is 48.6 Å². The topological polar surface area (TPSA) is 59.4 Å². The molecule has 1 amide bonds. The Labute approximate surface area is 190 Å². The quantitative estimate of drug-likeness (QED) is 0.530. The monoisotopic (exact) mass is 518 g/mol. The molecule has 1 aliphatic rings. The minimum Gasteiger partial charge on any atom is -0.378 e. The lowest BCUT2D eigenvalue weighted by atomic mass is 10.1. The third-order valence-electron chi connectivity index (χ3n) is 4.97. The first kappa shape index (κ1) is 23.4. The van der Waals surface area contributed by atoms with Crippen LogP contribution in [0.3, 0.4) is 0 Å². The summed E-state index contributed by atoms with van der Waals surface area (Å²) in [6.07, 6.45) is -1.23. The van der Waals surface area contributed by atoms with Crippen molar-refractivity contribution < 1.29 is 22.7 Å². The fourth-order valence-corrected chi connectivity index (χ4v) is 3.94. The Balaban J connectivity index is 0.00000272. The summed E-state index contributed by atoms with van der Waals surface area (Å²) >= 11 is 2.94. The highest BCUT2D eigenvalue weighted by Gasteiger charge is 2.33. The second kappa shape index (κ2) is 9.05. The van der Waals surface area contributed by atoms with Gasteiger partial charge in [-0.15, -0.1) is 12.4 Å². The molecule has 3 heterocycles. The molecule has 1 aliphatic heterocycles. The van der Waals surface area contributed by atoms with Crippen molar-refractivity contribution in [1.29, 1.82) is 0 Å². The molecule has 4 rings (SSSR count). The zero-order valence-electron chi connectivity index (χ0n) is 16.4. The molecule has 0 bridgehead atoms. The highest BCUT2D eigenvalue weighted by molar-refractivity contribution is 9.10. The molecule has 0 aliphatic carbocycles. The summed E-state index contributed by atoms with van der Waals surface area (Å²) in [5, 5.41) is 3.60. The smallest absolute Gasteiger partial charge is 0.378 e. The number of aromatic nitrogens is 2. The van der Waals surface area contributed by atoms with E-state index in [1.54, 1.807) is 21.7 Å². The van der Waals surface area contributed by atoms with Crippen molar-refractivity contribution in [2.75, 3.05) is 31.6 Å². The van der Waals surface area contributed by atoms with E-state index in [1.165, 1.54) is 18.3 Å². The van der Waals surface area contributed by atoms with Crippen LogP contribution < -0.4 is 5.32 Å². The number of hydrogen-bond donors (Lipinski definition) is 1. The molecular formula is C20H19BrClF3N4O2. The lowest BCUT2D eigenvalue weighted by Gasteiger charge is -2.27. The second-order valence-corrected chi connectivity index (χ2v) is 7.79. The number of fused-ring (bicyclic) bond motifs is 1. The summed E-state index contributed by atoms with van der Waals surface area (Å²) < 4.78 is 46.7. The molecule has 6 nitrogen and oxygen atoms in total. The normalized spacial score (nSPS) is 14.4. The predicted octanol–water partition coefficient (Wildman–Crippen LogP) is 4.99. The maximum atomic E-state index is 13.2. The Morgan fingerprint density at radius 1 is 1.23 bits per heavy atom. The third kappa shape index (κ3) is 4.65. The first-order chi connectivity index (χ1) is 14.3. The van der Waals surface area contributed by atoms with Gasteiger partial charge in [0, 0.05) is 48.1 Å². The Morgan fingerprint density at radius 2 is 1.94 bits per heavy atom. The number of benzene rings is 1. The number of amides is 1. The van der Waals surface area contributed by atoms with Gasteiger partial charge in [-0.3, -0.25) is 4.79 Å². The molecule has 1 N–H and O–H groups in total. The van der Waals surface area contributed by atoms with E-state index in [9.17, 15) is 18.0 Å². The number of carbonyl (C=O) groups excluding carboxylic acids is 1. The van der Waals surface area contributed by atoms with Gasteiger partial charge >= 0.3 is 6.18 Å². The zero-order valence-corrected chi connectivity index (χ0v) is 18.8. The lowest BCUT2D eigenvalue weighted by molar-refractivity contribution is -0.138. The SMILES string of the molecule is Cl.Cn1ccc2c(Nc3ccc(Br)c(C(F)(F)F)c3)ncc(C(=O)N3CCOCC3)c21. The highest BCUT2D eigenvalue weighted by atomic mass is 79.9. The van der Waals surface area contributed by atoms with Gasteiger partial charge in [-0.05, 0) is 24.3 Å². The van der Waals surface area contributed by atoms with E-state index in [-0.39, 0.29) is 28.5 Å². The molecule has 0 unspecified atom stereocenters. The van der Waals surface area contributed by atoms with Crippen LogP contribution in [0.5, 0.6) is 0 Å². The standard InChI is InChI=1S/C20H18BrF3N4O2.ClH/c1-27-5-4-13-17(27)14(19(29)28-6-8-30-9-7-28)11-25-18(13)26-12-2-3-16(21)15(10-12)20(22,23)24;/h2-5,10-11H,6-9H2,1H3,(H,25,26);1H. The number of rotatable bonds is 3. The van der Waals surface area contributed by atoms with Crippen LogP contribution in [0.1, 0.15) is 15.9 Å². The first-order valence-corrected chi connectivity index (χ1v) is 10.00. The van der Waals surface area contributed by atoms with E-state index in [1.807, 2.05) is 7.05 Å². The van der Waals surface area contributed by atoms with Crippen molar-refractivity contribution in [3.63, 3.8) is 0 Å². The number of alkyl halides is 3. The van der Waals surface area contributed by atoms with Gasteiger partial charge in [0.2, 0.25) is 0 Å². The number of ether oxygens (including phenoxy) is 1. The van der Waals surface area contributed by atoms with Crippen molar-refractivity contribution in [2.45, 2.75) is 6.18 Å². The number of nitrogens with one attached hydrogen (secondary N) is 1. The van der Waals surface area contributed by atoms with E-state index >= 15 is 0 Å². The van der Waals surface area contributed by atoms with Crippen LogP contribution >= 0.6 is 28.3 Å². The number of hydrogen-bond acceptors (Lipinski definition) is 4. The summed E-state index contributed by atoms with van der Waals surface area (Å²) in [6.45, 7) is 1.98. The highest BCUT2D eigenvalue weighted by Crippen LogP contribution is 2.37. The van der Waals surface area contributed by atoms with Gasteiger partial charge in [-0.1, -0.05) is 15.9 Å². The molecule has 0 spiro atoms. The van der Waals surface area contributed by atoms with Crippen LogP contribution in [-0.4, -0.2) is 46.7 Å². The number of aryl methyl sites for hydroxylation is 1. The number of pyridine rings is 1. The molecule has 166 valence electrons. The van der Waals surface area contributed by atoms with Crippen LogP contribution in [0.2, 0.25) is 0 Å². The molecule has 31 heavy (non-hydrogen) atoms. The van der Waals surface area contributed by atoms with E-state index in [2.05, 4.69) is 26.2 Å². The molecule has 0 saturated carbocycles. The Kier molecular flexibility index (Phi) is 6.82. The maximum Gasteiger partial charge on any atom is 0.417 e. The number of anilines is 2. The largest absolute Gasteiger partial charge is 0.417 e. The first-order valence-electron chi connectivity index (χ1n) is 9.20. The average Bonchev–Trinajstić information content (AvgIpc) is 3.11. The van der Waals surface area contributed by atoms with Gasteiger partial charge in [0.05, 0.1) is 29.9 Å². The minimum absolute atomic E-state index is 0. The van der Waals surface area contributed by atoms with Gasteiger partial charge in [-0.2, -0.15) is 13.2 Å². The van der Waals surface area contributed by atoms with Crippen LogP contribution in [0.25, 0.3) is 10.9 Å². The summed E-state index contributed by atoms with van der Waals surface area (Å²) in [4.78, 5) is 19.1. The summed E-state index contributed by atoms with van der Waals surface area (Å²) in [6, 6.07) is 5.67. The molecule has 11 heteroatoms. The second-order valence-electron chi connectivity index (χ2n) is 6.93. The molecule has 1 fully saturated rings. The maximum absolute atomic E-state index is 13.2. The lowest BCUT2D eigenvalue weighted by Crippen LogP contribution is -2.40. The average molecular weight is 520 g/mol. The molecular weight excluding hydrogens is 501 g/mol. The van der Waals surface area contributed by atoms with Gasteiger partial charge < -0.3 is 19.5 Å². The van der Waals surface area contributed by atoms with Gasteiger partial charge in [0.25, 0.3) is 5.91 Å². The third-order valence-corrected chi connectivity index (χ3v) is 5.66. The number of halogens is 5. The van der Waals surface area contributed by atoms with Crippen molar-refractivity contribution in [3.05, 3.63) is 52.3 Å². The summed E-state index contributed by atoms with van der Waals surface area (Å²) in [5.74, 6) is 0.228. The number of nitrogens with zero attached hydrogens (tertiary/aromatic N) is 3. The molecule has 0 atom stereocenters. The minimum atomic E-state index is -4.49. The van der Waals surface area contributed by atoms with Gasteiger partial charge in [0.1, 0.15) is 5.82 Å². The van der Waals surface area contributed by atoms with Crippen molar-refractivity contribution in [2.24, 2.45) is 7.05 Å². The summed E-state index contributed by atoms with van der Waals surface area (Å²) in [5.41, 5.74) is 0.570. The van der Waals surface area contributed by atoms with Crippen LogP contribution in [0.4, 0.5) is 24.7 Å². The summed E-state index contributed by atoms with van der Waals surface area (Å²) in [7, 11) is 1.81. The van der Waals surface area contributed by atoms with Crippen LogP contribution in [0.15, 0.2) is 41.1 Å². The van der Waals surface area contributed by atoms with Crippen molar-refractivity contribution in [3.8, 4) is 0 Å². The number of carbonyl (C=O) groups is 1. The Bertz CT molecular complexity index is 1110. The Hall–Kier alpha value is -2.30. The van der Waals surface area contributed by atoms with E-state index in [4.69, 9.17) is 4.74 Å². The van der Waals surface area contributed by atoms with Gasteiger partial charge in [-0.25, -0.2) is 4.98 Å². The Morgan fingerprint density at radius 3 is 2.61 bits per heavy atom. The predicted molar refractivity (Wildman–Crippen MR) is 117 cm³/mol. The van der Waals surface area contributed by atoms with Crippen LogP contribution in [0, 0.1) is 0 Å². The molecule has 1 aromatic carbocycles. The molecule has 3 aromatic rings. The fourth-order valence-electron chi connectivity index (χ4n) is 3.47. The van der Waals surface area contributed by atoms with E-state index in [0.717, 1.165) is 6.07 Å². The van der Waals surface area contributed by atoms with E-state index < -0.39 is 11.7 Å². The van der Waals surface area contributed by atoms with Gasteiger partial charge in [0.15, 0.2) is 0 Å². The van der Waals surface area contributed by atoms with Crippen molar-refractivity contribution in [1.82, 2.24) is 14.5 Å². The van der Waals surface area contributed by atoms with Crippen LogP contribution in [-0.2, 0) is 18.0 Å². The molecule has 2 aromatic heterocycles. The number of morpholine rings is 1. The molecule has 0 radical (unpaired) electrons. The fraction of sp³-hybridized carbons (Fsp3) is 0.300.